The summed E-state index contributed by atoms with van der Waals surface area (Å²) in [7, 11) is -2.56. The second-order valence-electron chi connectivity index (χ2n) is 10.3. The molecule has 1 atom stereocenters. The molecule has 0 spiro atoms. The Morgan fingerprint density at radius 2 is 1.93 bits per heavy atom. The number of rotatable bonds is 7. The molecule has 0 bridgehead atoms. The van der Waals surface area contributed by atoms with Gasteiger partial charge in [0.1, 0.15) is 5.15 Å². The molecule has 1 aliphatic rings. The van der Waals surface area contributed by atoms with Gasteiger partial charge in [-0.3, -0.25) is 14.2 Å². The number of carbonyl (C=O) groups is 1. The number of hydrogen-bond acceptors (Lipinski definition) is 9. The number of fused-ring (bicyclic) bond motifs is 1. The zero-order valence-corrected chi connectivity index (χ0v) is 24.7. The fraction of sp³-hybridized carbons (Fsp3) is 0.370. The Morgan fingerprint density at radius 1 is 1.20 bits per heavy atom. The van der Waals surface area contributed by atoms with Gasteiger partial charge in [-0.2, -0.15) is 8.42 Å². The first kappa shape index (κ1) is 28.6. The van der Waals surface area contributed by atoms with Crippen molar-refractivity contribution in [1.82, 2.24) is 29.2 Å². The summed E-state index contributed by atoms with van der Waals surface area (Å²) in [5.74, 6) is 0.186. The number of aryl methyl sites for hydroxylation is 1. The second kappa shape index (κ2) is 11.1. The van der Waals surface area contributed by atoms with E-state index in [1.807, 2.05) is 36.9 Å². The fourth-order valence-corrected chi connectivity index (χ4v) is 6.62. The number of benzene rings is 1. The summed E-state index contributed by atoms with van der Waals surface area (Å²) in [5.41, 5.74) is 3.18. The van der Waals surface area contributed by atoms with E-state index in [2.05, 4.69) is 25.2 Å². The molecule has 0 saturated carbocycles. The SMILES string of the molecule is CC(=O)NS(=O)(=O)c1nc(Cl)ccc1N[C@H](C)c1cc(C)cc2c(=O)n(C)c(N3CCC(c4cnc[nH]4)CC3)nc12. The molecule has 4 aromatic rings. The maximum atomic E-state index is 13.6. The van der Waals surface area contributed by atoms with Crippen molar-refractivity contribution in [2.24, 2.45) is 7.05 Å². The maximum absolute atomic E-state index is 13.6. The van der Waals surface area contributed by atoms with Crippen LogP contribution in [0.25, 0.3) is 10.9 Å². The molecule has 1 aromatic carbocycles. The van der Waals surface area contributed by atoms with E-state index in [-0.39, 0.29) is 16.4 Å². The highest BCUT2D eigenvalue weighted by atomic mass is 35.5. The van der Waals surface area contributed by atoms with Crippen LogP contribution in [0.4, 0.5) is 11.6 Å². The first-order chi connectivity index (χ1) is 19.4. The monoisotopic (exact) mass is 598 g/mol. The molecular formula is C27H31ClN8O4S. The highest BCUT2D eigenvalue weighted by Gasteiger charge is 2.27. The Kier molecular flexibility index (Phi) is 7.75. The van der Waals surface area contributed by atoms with Gasteiger partial charge in [0.25, 0.3) is 15.6 Å². The Hall–Kier alpha value is -3.97. The minimum atomic E-state index is -4.29. The molecular weight excluding hydrogens is 568 g/mol. The predicted molar refractivity (Wildman–Crippen MR) is 157 cm³/mol. The van der Waals surface area contributed by atoms with Gasteiger partial charge in [-0.05, 0) is 50.5 Å². The van der Waals surface area contributed by atoms with Gasteiger partial charge < -0.3 is 15.2 Å². The molecule has 3 aromatic heterocycles. The van der Waals surface area contributed by atoms with Crippen LogP contribution < -0.4 is 20.5 Å². The van der Waals surface area contributed by atoms with Crippen LogP contribution in [-0.2, 0) is 21.9 Å². The molecule has 1 aliphatic heterocycles. The third kappa shape index (κ3) is 5.77. The zero-order valence-electron chi connectivity index (χ0n) is 23.1. The number of imidazole rings is 1. The number of aromatic nitrogens is 5. The van der Waals surface area contributed by atoms with Crippen LogP contribution >= 0.6 is 11.6 Å². The Morgan fingerprint density at radius 3 is 2.59 bits per heavy atom. The van der Waals surface area contributed by atoms with Crippen LogP contribution in [-0.4, -0.2) is 51.9 Å². The zero-order chi connectivity index (χ0) is 29.5. The molecule has 3 N–H and O–H groups in total. The smallest absolute Gasteiger partial charge is 0.283 e. The minimum Gasteiger partial charge on any atom is -0.376 e. The molecule has 41 heavy (non-hydrogen) atoms. The number of halogens is 1. The summed E-state index contributed by atoms with van der Waals surface area (Å²) in [6, 6.07) is 6.18. The molecule has 216 valence electrons. The largest absolute Gasteiger partial charge is 0.376 e. The van der Waals surface area contributed by atoms with Crippen LogP contribution in [0.5, 0.6) is 0 Å². The highest BCUT2D eigenvalue weighted by molar-refractivity contribution is 7.90. The summed E-state index contributed by atoms with van der Waals surface area (Å²) >= 11 is 6.00. The number of hydrogen-bond donors (Lipinski definition) is 3. The van der Waals surface area contributed by atoms with E-state index >= 15 is 0 Å². The highest BCUT2D eigenvalue weighted by Crippen LogP contribution is 2.32. The summed E-state index contributed by atoms with van der Waals surface area (Å²) in [6.07, 6.45) is 5.33. The van der Waals surface area contributed by atoms with Crippen molar-refractivity contribution in [3.8, 4) is 0 Å². The third-order valence-electron chi connectivity index (χ3n) is 7.27. The van der Waals surface area contributed by atoms with Crippen molar-refractivity contribution in [3.05, 3.63) is 69.1 Å². The number of piperidine rings is 1. The van der Waals surface area contributed by atoms with Gasteiger partial charge in [-0.25, -0.2) is 19.7 Å². The number of nitrogens with one attached hydrogen (secondary N) is 3. The summed E-state index contributed by atoms with van der Waals surface area (Å²) in [4.78, 5) is 43.5. The molecule has 0 unspecified atom stereocenters. The van der Waals surface area contributed by atoms with E-state index < -0.39 is 27.0 Å². The average molecular weight is 599 g/mol. The normalized spacial score (nSPS) is 15.2. The minimum absolute atomic E-state index is 0.0424. The van der Waals surface area contributed by atoms with E-state index in [0.717, 1.165) is 44.1 Å². The first-order valence-electron chi connectivity index (χ1n) is 13.2. The third-order valence-corrected chi connectivity index (χ3v) is 8.85. The van der Waals surface area contributed by atoms with Gasteiger partial charge in [0.2, 0.25) is 16.9 Å². The van der Waals surface area contributed by atoms with Crippen LogP contribution in [0.2, 0.25) is 5.15 Å². The van der Waals surface area contributed by atoms with Crippen molar-refractivity contribution in [2.75, 3.05) is 23.3 Å². The molecule has 0 radical (unpaired) electrons. The summed E-state index contributed by atoms with van der Waals surface area (Å²) in [6.45, 7) is 6.28. The predicted octanol–water partition coefficient (Wildman–Crippen LogP) is 3.40. The quantitative estimate of drug-likeness (QED) is 0.271. The van der Waals surface area contributed by atoms with Crippen LogP contribution in [0, 0.1) is 6.92 Å². The maximum Gasteiger partial charge on any atom is 0.283 e. The van der Waals surface area contributed by atoms with Gasteiger partial charge in [0, 0.05) is 50.4 Å². The number of anilines is 2. The van der Waals surface area contributed by atoms with Crippen molar-refractivity contribution in [3.63, 3.8) is 0 Å². The Bertz CT molecular complexity index is 1780. The lowest BCUT2D eigenvalue weighted by atomic mass is 9.94. The second-order valence-corrected chi connectivity index (χ2v) is 12.3. The van der Waals surface area contributed by atoms with Crippen molar-refractivity contribution >= 4 is 50.1 Å². The number of aromatic amines is 1. The fourth-order valence-electron chi connectivity index (χ4n) is 5.32. The molecule has 1 saturated heterocycles. The Balaban J connectivity index is 1.52. The lowest BCUT2D eigenvalue weighted by molar-refractivity contribution is -0.117. The standard InChI is InChI=1S/C27H31ClN8O4S/c1-15-11-19(16(2)31-21-5-6-23(28)32-25(21)41(39,40)34-17(3)37)24-20(12-15)26(38)35(4)27(33-24)36-9-7-18(8-10-36)22-13-29-14-30-22/h5-6,11-14,16,18,31H,7-10H2,1-4H3,(H,29,30)(H,34,37)/t16-/m1/s1. The van der Waals surface area contributed by atoms with Gasteiger partial charge in [0.15, 0.2) is 0 Å². The number of sulfonamides is 1. The number of H-pyrrole nitrogens is 1. The molecule has 5 rings (SSSR count). The molecule has 12 nitrogen and oxygen atoms in total. The molecule has 0 aliphatic carbocycles. The average Bonchev–Trinajstić information content (AvgIpc) is 3.46. The first-order valence-corrected chi connectivity index (χ1v) is 15.0. The number of amides is 1. The molecule has 1 amide bonds. The summed E-state index contributed by atoms with van der Waals surface area (Å²) < 4.78 is 29.2. The molecule has 4 heterocycles. The van der Waals surface area contributed by atoms with E-state index in [0.29, 0.717) is 28.3 Å². The summed E-state index contributed by atoms with van der Waals surface area (Å²) in [5, 5.41) is 3.20. The van der Waals surface area contributed by atoms with Gasteiger partial charge in [-0.1, -0.05) is 17.7 Å². The van der Waals surface area contributed by atoms with Crippen LogP contribution in [0.1, 0.15) is 55.5 Å². The van der Waals surface area contributed by atoms with Crippen LogP contribution in [0.15, 0.2) is 46.6 Å². The lowest BCUT2D eigenvalue weighted by Crippen LogP contribution is -2.37. The molecule has 14 heteroatoms. The Labute approximate surface area is 242 Å². The van der Waals surface area contributed by atoms with Gasteiger partial charge in [-0.15, -0.1) is 0 Å². The molecule has 1 fully saturated rings. The lowest BCUT2D eigenvalue weighted by Gasteiger charge is -2.33. The van der Waals surface area contributed by atoms with E-state index in [1.54, 1.807) is 17.9 Å². The van der Waals surface area contributed by atoms with Gasteiger partial charge >= 0.3 is 0 Å². The number of carbonyl (C=O) groups excluding carboxylic acids is 1. The van der Waals surface area contributed by atoms with E-state index in [9.17, 15) is 18.0 Å². The topological polar surface area (TPSA) is 155 Å². The van der Waals surface area contributed by atoms with Crippen molar-refractivity contribution < 1.29 is 13.2 Å². The van der Waals surface area contributed by atoms with Gasteiger partial charge in [0.05, 0.1) is 29.0 Å². The van der Waals surface area contributed by atoms with E-state index in [4.69, 9.17) is 16.6 Å². The number of nitrogens with zero attached hydrogens (tertiary/aromatic N) is 5. The van der Waals surface area contributed by atoms with Crippen molar-refractivity contribution in [1.29, 1.82) is 0 Å². The van der Waals surface area contributed by atoms with E-state index in [1.165, 1.54) is 12.1 Å². The van der Waals surface area contributed by atoms with Crippen molar-refractivity contribution in [2.45, 2.75) is 50.6 Å². The number of pyridine rings is 1. The van der Waals surface area contributed by atoms with Crippen LogP contribution in [0.3, 0.4) is 0 Å².